The molecule has 1 aromatic rings. The lowest BCUT2D eigenvalue weighted by atomic mass is 10.0. The molecule has 0 saturated carbocycles. The van der Waals surface area contributed by atoms with Crippen LogP contribution >= 0.6 is 0 Å². The number of nitrogens with zero attached hydrogens (tertiary/aromatic N) is 2. The lowest BCUT2D eigenvalue weighted by molar-refractivity contribution is 0.0466. The second kappa shape index (κ2) is 5.54. The Morgan fingerprint density at radius 3 is 2.48 bits per heavy atom. The summed E-state index contributed by atoms with van der Waals surface area (Å²) in [5, 5.41) is 2.94. The standard InChI is InChI=1S/C16H25N3O2/c1-15(2,3)21-14(20)18-16(4,5)13-10-17-11-19(13)12-8-6-7-9-12/h6-7,10-12H,8-9H2,1-5H3,(H,18,20). The van der Waals surface area contributed by atoms with E-state index in [0.29, 0.717) is 6.04 Å². The van der Waals surface area contributed by atoms with Crippen molar-refractivity contribution >= 4 is 6.09 Å². The van der Waals surface area contributed by atoms with Gasteiger partial charge in [-0.05, 0) is 47.5 Å². The summed E-state index contributed by atoms with van der Waals surface area (Å²) in [4.78, 5) is 16.3. The average Bonchev–Trinajstić information content (AvgIpc) is 2.96. The van der Waals surface area contributed by atoms with Crippen molar-refractivity contribution in [1.82, 2.24) is 14.9 Å². The second-order valence-electron chi connectivity index (χ2n) is 7.03. The molecule has 2 rings (SSSR count). The molecule has 116 valence electrons. The maximum absolute atomic E-state index is 12.0. The maximum Gasteiger partial charge on any atom is 0.408 e. The normalized spacial score (nSPS) is 16.2. The molecule has 1 aliphatic rings. The summed E-state index contributed by atoms with van der Waals surface area (Å²) in [6.07, 6.45) is 9.62. The summed E-state index contributed by atoms with van der Waals surface area (Å²) in [7, 11) is 0. The lowest BCUT2D eigenvalue weighted by Gasteiger charge is -2.30. The van der Waals surface area contributed by atoms with E-state index in [-0.39, 0.29) is 0 Å². The smallest absolute Gasteiger partial charge is 0.408 e. The molecule has 0 fully saturated rings. The number of aromatic nitrogens is 2. The quantitative estimate of drug-likeness (QED) is 0.867. The predicted molar refractivity (Wildman–Crippen MR) is 82.0 cm³/mol. The molecule has 0 aromatic carbocycles. The van der Waals surface area contributed by atoms with E-state index in [9.17, 15) is 4.79 Å². The van der Waals surface area contributed by atoms with Crippen molar-refractivity contribution in [3.8, 4) is 0 Å². The van der Waals surface area contributed by atoms with Crippen molar-refractivity contribution in [2.24, 2.45) is 0 Å². The molecular weight excluding hydrogens is 266 g/mol. The molecule has 1 N–H and O–H groups in total. The van der Waals surface area contributed by atoms with Crippen molar-refractivity contribution in [3.05, 3.63) is 30.4 Å². The van der Waals surface area contributed by atoms with Gasteiger partial charge in [0.2, 0.25) is 0 Å². The van der Waals surface area contributed by atoms with Crippen molar-refractivity contribution in [3.63, 3.8) is 0 Å². The zero-order chi connectivity index (χ0) is 15.7. The van der Waals surface area contributed by atoms with Crippen LogP contribution in [-0.2, 0) is 10.3 Å². The number of imidazole rings is 1. The van der Waals surface area contributed by atoms with Crippen LogP contribution in [0.25, 0.3) is 0 Å². The number of ether oxygens (including phenoxy) is 1. The van der Waals surface area contributed by atoms with Gasteiger partial charge < -0.3 is 14.6 Å². The molecule has 1 aromatic heterocycles. The molecule has 5 heteroatoms. The van der Waals surface area contributed by atoms with Crippen LogP contribution in [0.3, 0.4) is 0 Å². The summed E-state index contributed by atoms with van der Waals surface area (Å²) in [5.74, 6) is 0. The number of amides is 1. The fourth-order valence-corrected chi connectivity index (χ4v) is 2.53. The number of nitrogens with one attached hydrogen (secondary N) is 1. The number of hydrogen-bond acceptors (Lipinski definition) is 3. The lowest BCUT2D eigenvalue weighted by Crippen LogP contribution is -2.45. The summed E-state index contributed by atoms with van der Waals surface area (Å²) in [6, 6.07) is 0.391. The highest BCUT2D eigenvalue weighted by Gasteiger charge is 2.30. The Morgan fingerprint density at radius 1 is 1.29 bits per heavy atom. The first kappa shape index (κ1) is 15.6. The van der Waals surface area contributed by atoms with Gasteiger partial charge in [0.25, 0.3) is 0 Å². The van der Waals surface area contributed by atoms with Gasteiger partial charge in [-0.3, -0.25) is 0 Å². The molecule has 1 heterocycles. The highest BCUT2D eigenvalue weighted by atomic mass is 16.6. The van der Waals surface area contributed by atoms with Gasteiger partial charge in [0, 0.05) is 6.04 Å². The van der Waals surface area contributed by atoms with Crippen LogP contribution in [0.2, 0.25) is 0 Å². The van der Waals surface area contributed by atoms with E-state index in [1.807, 2.05) is 47.1 Å². The second-order valence-corrected chi connectivity index (χ2v) is 7.03. The van der Waals surface area contributed by atoms with Crippen LogP contribution in [0.4, 0.5) is 4.79 Å². The molecule has 0 aliphatic heterocycles. The number of carbonyl (C=O) groups is 1. The number of allylic oxidation sites excluding steroid dienone is 2. The summed E-state index contributed by atoms with van der Waals surface area (Å²) in [5.41, 5.74) is -0.0564. The van der Waals surface area contributed by atoms with Crippen LogP contribution in [0.15, 0.2) is 24.7 Å². The zero-order valence-corrected chi connectivity index (χ0v) is 13.5. The number of hydrogen-bond donors (Lipinski definition) is 1. The largest absolute Gasteiger partial charge is 0.444 e. The monoisotopic (exact) mass is 291 g/mol. The molecule has 0 spiro atoms. The van der Waals surface area contributed by atoms with Gasteiger partial charge in [0.05, 0.1) is 23.8 Å². The van der Waals surface area contributed by atoms with Crippen LogP contribution < -0.4 is 5.32 Å². The van der Waals surface area contributed by atoms with Crippen molar-refractivity contribution in [1.29, 1.82) is 0 Å². The molecule has 21 heavy (non-hydrogen) atoms. The van der Waals surface area contributed by atoms with E-state index in [1.165, 1.54) is 0 Å². The van der Waals surface area contributed by atoms with Crippen LogP contribution in [0.1, 0.15) is 59.2 Å². The van der Waals surface area contributed by atoms with Crippen LogP contribution in [-0.4, -0.2) is 21.2 Å². The van der Waals surface area contributed by atoms with E-state index < -0.39 is 17.2 Å². The zero-order valence-electron chi connectivity index (χ0n) is 13.5. The third-order valence-electron chi connectivity index (χ3n) is 3.50. The van der Waals surface area contributed by atoms with Gasteiger partial charge in [-0.1, -0.05) is 12.2 Å². The molecule has 5 nitrogen and oxygen atoms in total. The van der Waals surface area contributed by atoms with Gasteiger partial charge in [0.15, 0.2) is 0 Å². The van der Waals surface area contributed by atoms with E-state index >= 15 is 0 Å². The van der Waals surface area contributed by atoms with Gasteiger partial charge in [-0.2, -0.15) is 0 Å². The van der Waals surface area contributed by atoms with E-state index in [4.69, 9.17) is 4.74 Å². The average molecular weight is 291 g/mol. The van der Waals surface area contributed by atoms with Gasteiger partial charge in [0.1, 0.15) is 5.60 Å². The highest BCUT2D eigenvalue weighted by molar-refractivity contribution is 5.68. The third-order valence-corrected chi connectivity index (χ3v) is 3.50. The molecule has 0 radical (unpaired) electrons. The molecule has 0 unspecified atom stereocenters. The minimum Gasteiger partial charge on any atom is -0.444 e. The van der Waals surface area contributed by atoms with E-state index in [2.05, 4.69) is 27.0 Å². The third kappa shape index (κ3) is 3.86. The Bertz CT molecular complexity index is 530. The van der Waals surface area contributed by atoms with Crippen LogP contribution in [0.5, 0.6) is 0 Å². The minimum absolute atomic E-state index is 0.391. The number of carbonyl (C=O) groups excluding carboxylic acids is 1. The summed E-state index contributed by atoms with van der Waals surface area (Å²) < 4.78 is 7.50. The topological polar surface area (TPSA) is 56.1 Å². The molecule has 0 saturated heterocycles. The van der Waals surface area contributed by atoms with Crippen molar-refractivity contribution in [2.75, 3.05) is 0 Å². The Morgan fingerprint density at radius 2 is 1.90 bits per heavy atom. The first-order valence-electron chi connectivity index (χ1n) is 7.37. The van der Waals surface area contributed by atoms with Crippen molar-refractivity contribution in [2.45, 2.75) is 64.6 Å². The Balaban J connectivity index is 2.12. The van der Waals surface area contributed by atoms with Gasteiger partial charge in [-0.15, -0.1) is 0 Å². The first-order valence-corrected chi connectivity index (χ1v) is 7.37. The summed E-state index contributed by atoms with van der Waals surface area (Å²) in [6.45, 7) is 9.50. The molecule has 1 amide bonds. The number of rotatable bonds is 3. The fourth-order valence-electron chi connectivity index (χ4n) is 2.53. The molecule has 0 bridgehead atoms. The van der Waals surface area contributed by atoms with Crippen molar-refractivity contribution < 1.29 is 9.53 Å². The van der Waals surface area contributed by atoms with E-state index in [0.717, 1.165) is 18.5 Å². The fraction of sp³-hybridized carbons (Fsp3) is 0.625. The molecule has 0 atom stereocenters. The van der Waals surface area contributed by atoms with Gasteiger partial charge >= 0.3 is 6.09 Å². The predicted octanol–water partition coefficient (Wildman–Crippen LogP) is 3.53. The van der Waals surface area contributed by atoms with Gasteiger partial charge in [-0.25, -0.2) is 9.78 Å². The highest BCUT2D eigenvalue weighted by Crippen LogP contribution is 2.29. The summed E-state index contributed by atoms with van der Waals surface area (Å²) >= 11 is 0. The Kier molecular flexibility index (Phi) is 4.12. The number of alkyl carbamates (subject to hydrolysis) is 1. The SMILES string of the molecule is CC(C)(C)OC(=O)NC(C)(C)c1cncn1C1CC=CC1. The maximum atomic E-state index is 12.0. The Labute approximate surface area is 126 Å². The first-order chi connectivity index (χ1) is 9.69. The van der Waals surface area contributed by atoms with E-state index in [1.54, 1.807) is 0 Å². The minimum atomic E-state index is -0.540. The Hall–Kier alpha value is -1.78. The molecule has 1 aliphatic carbocycles. The van der Waals surface area contributed by atoms with Crippen LogP contribution in [0, 0.1) is 0 Å². The molecular formula is C16H25N3O2.